The molecule has 0 aliphatic carbocycles. The fourth-order valence-corrected chi connectivity index (χ4v) is 3.74. The van der Waals surface area contributed by atoms with Crippen molar-refractivity contribution < 1.29 is 13.2 Å². The van der Waals surface area contributed by atoms with E-state index in [-0.39, 0.29) is 4.90 Å². The van der Waals surface area contributed by atoms with Crippen LogP contribution in [0.2, 0.25) is 0 Å². The Morgan fingerprint density at radius 1 is 0.889 bits per heavy atom. The van der Waals surface area contributed by atoms with Gasteiger partial charge in [-0.05, 0) is 54.3 Å². The zero-order valence-electron chi connectivity index (χ0n) is 15.4. The predicted molar refractivity (Wildman–Crippen MR) is 109 cm³/mol. The van der Waals surface area contributed by atoms with E-state index in [1.807, 2.05) is 42.5 Å². The van der Waals surface area contributed by atoms with Crippen LogP contribution in [0.25, 0.3) is 0 Å². The third-order valence-corrected chi connectivity index (χ3v) is 5.86. The maximum absolute atomic E-state index is 12.8. The Hall–Kier alpha value is -2.79. The average Bonchev–Trinajstić information content (AvgIpc) is 2.69. The van der Waals surface area contributed by atoms with Crippen LogP contribution in [0.4, 0.5) is 5.69 Å². The standard InChI is InChI=1S/C22H23NO3S/c1-3-17(2)18-13-15-20(16-14-18)27(24,25)23-21-11-7-8-12-22(21)26-19-9-5-4-6-10-19/h4-17,23H,3H2,1-2H3. The lowest BCUT2D eigenvalue weighted by Crippen LogP contribution is -2.13. The molecule has 0 saturated heterocycles. The van der Waals surface area contributed by atoms with Gasteiger partial charge in [-0.3, -0.25) is 4.72 Å². The molecule has 0 heterocycles. The van der Waals surface area contributed by atoms with Gasteiger partial charge in [0.15, 0.2) is 5.75 Å². The first-order valence-electron chi connectivity index (χ1n) is 8.94. The number of nitrogens with one attached hydrogen (secondary N) is 1. The van der Waals surface area contributed by atoms with E-state index in [4.69, 9.17) is 4.74 Å². The van der Waals surface area contributed by atoms with Crippen LogP contribution in [-0.4, -0.2) is 8.42 Å². The molecule has 0 bridgehead atoms. The Morgan fingerprint density at radius 3 is 2.19 bits per heavy atom. The van der Waals surface area contributed by atoms with Crippen molar-refractivity contribution in [3.63, 3.8) is 0 Å². The number of hydrogen-bond acceptors (Lipinski definition) is 3. The summed E-state index contributed by atoms with van der Waals surface area (Å²) in [5, 5.41) is 0. The smallest absolute Gasteiger partial charge is 0.262 e. The molecular formula is C22H23NO3S. The molecule has 0 aromatic heterocycles. The van der Waals surface area contributed by atoms with Crippen molar-refractivity contribution in [3.05, 3.63) is 84.4 Å². The molecule has 0 radical (unpaired) electrons. The maximum atomic E-state index is 12.8. The number of sulfonamides is 1. The second kappa shape index (κ2) is 8.27. The molecule has 27 heavy (non-hydrogen) atoms. The van der Waals surface area contributed by atoms with Gasteiger partial charge in [-0.25, -0.2) is 8.42 Å². The Balaban J connectivity index is 1.84. The SMILES string of the molecule is CCC(C)c1ccc(S(=O)(=O)Nc2ccccc2Oc2ccccc2)cc1. The minimum atomic E-state index is -3.71. The quantitative estimate of drug-likeness (QED) is 0.563. The summed E-state index contributed by atoms with van der Waals surface area (Å²) in [6.45, 7) is 4.24. The molecule has 1 unspecified atom stereocenters. The number of rotatable bonds is 7. The highest BCUT2D eigenvalue weighted by atomic mass is 32.2. The van der Waals surface area contributed by atoms with Crippen LogP contribution in [0.5, 0.6) is 11.5 Å². The molecule has 0 aliphatic rings. The second-order valence-corrected chi connectivity index (χ2v) is 8.08. The third-order valence-electron chi connectivity index (χ3n) is 4.47. The zero-order valence-corrected chi connectivity index (χ0v) is 16.2. The third kappa shape index (κ3) is 4.68. The number of benzene rings is 3. The van der Waals surface area contributed by atoms with Gasteiger partial charge < -0.3 is 4.74 Å². The van der Waals surface area contributed by atoms with Gasteiger partial charge in [0.25, 0.3) is 10.0 Å². The Kier molecular flexibility index (Phi) is 5.81. The Labute approximate surface area is 160 Å². The largest absolute Gasteiger partial charge is 0.455 e. The van der Waals surface area contributed by atoms with Crippen LogP contribution >= 0.6 is 0 Å². The van der Waals surface area contributed by atoms with E-state index < -0.39 is 10.0 Å². The first kappa shape index (κ1) is 19.0. The molecule has 1 atom stereocenters. The van der Waals surface area contributed by atoms with E-state index >= 15 is 0 Å². The number of ether oxygens (including phenoxy) is 1. The van der Waals surface area contributed by atoms with Crippen LogP contribution in [0.1, 0.15) is 31.7 Å². The molecule has 0 amide bonds. The van der Waals surface area contributed by atoms with Crippen molar-refractivity contribution in [2.24, 2.45) is 0 Å². The summed E-state index contributed by atoms with van der Waals surface area (Å²) in [6, 6.07) is 23.3. The molecule has 3 aromatic carbocycles. The molecule has 140 valence electrons. The number of para-hydroxylation sites is 3. The number of anilines is 1. The molecule has 3 aromatic rings. The molecule has 5 heteroatoms. The van der Waals surface area contributed by atoms with Crippen LogP contribution in [0, 0.1) is 0 Å². The Bertz CT molecular complexity index is 984. The first-order valence-corrected chi connectivity index (χ1v) is 10.4. The minimum Gasteiger partial charge on any atom is -0.455 e. The van der Waals surface area contributed by atoms with E-state index in [0.717, 1.165) is 12.0 Å². The van der Waals surface area contributed by atoms with Crippen molar-refractivity contribution in [1.29, 1.82) is 0 Å². The molecule has 0 saturated carbocycles. The molecule has 3 rings (SSSR count). The van der Waals surface area contributed by atoms with Crippen molar-refractivity contribution in [2.45, 2.75) is 31.1 Å². The summed E-state index contributed by atoms with van der Waals surface area (Å²) in [4.78, 5) is 0.226. The molecule has 0 spiro atoms. The van der Waals surface area contributed by atoms with E-state index in [1.54, 1.807) is 36.4 Å². The summed E-state index contributed by atoms with van der Waals surface area (Å²) in [5.41, 5.74) is 1.52. The Morgan fingerprint density at radius 2 is 1.52 bits per heavy atom. The first-order chi connectivity index (χ1) is 13.0. The van der Waals surface area contributed by atoms with E-state index in [9.17, 15) is 8.42 Å². The predicted octanol–water partition coefficient (Wildman–Crippen LogP) is 5.79. The fourth-order valence-electron chi connectivity index (χ4n) is 2.67. The lowest BCUT2D eigenvalue weighted by Gasteiger charge is -2.14. The second-order valence-electron chi connectivity index (χ2n) is 6.40. The monoisotopic (exact) mass is 381 g/mol. The lowest BCUT2D eigenvalue weighted by molar-refractivity contribution is 0.485. The van der Waals surface area contributed by atoms with Crippen LogP contribution < -0.4 is 9.46 Å². The van der Waals surface area contributed by atoms with Gasteiger partial charge in [0.05, 0.1) is 10.6 Å². The molecule has 0 aliphatic heterocycles. The van der Waals surface area contributed by atoms with Gasteiger partial charge in [0.2, 0.25) is 0 Å². The fraction of sp³-hybridized carbons (Fsp3) is 0.182. The van der Waals surface area contributed by atoms with Crippen molar-refractivity contribution in [1.82, 2.24) is 0 Å². The summed E-state index contributed by atoms with van der Waals surface area (Å²) >= 11 is 0. The minimum absolute atomic E-state index is 0.226. The molecule has 1 N–H and O–H groups in total. The summed E-state index contributed by atoms with van der Waals surface area (Å²) < 4.78 is 34.0. The topological polar surface area (TPSA) is 55.4 Å². The summed E-state index contributed by atoms with van der Waals surface area (Å²) in [6.07, 6.45) is 1.01. The molecule has 0 fully saturated rings. The van der Waals surface area contributed by atoms with Crippen molar-refractivity contribution in [3.8, 4) is 11.5 Å². The number of hydrogen-bond donors (Lipinski definition) is 1. The van der Waals surface area contributed by atoms with Gasteiger partial charge in [0.1, 0.15) is 5.75 Å². The summed E-state index contributed by atoms with van der Waals surface area (Å²) in [5.74, 6) is 1.49. The van der Waals surface area contributed by atoms with Crippen molar-refractivity contribution in [2.75, 3.05) is 4.72 Å². The molecule has 4 nitrogen and oxygen atoms in total. The van der Waals surface area contributed by atoms with Crippen molar-refractivity contribution >= 4 is 15.7 Å². The van der Waals surface area contributed by atoms with Crippen LogP contribution in [-0.2, 0) is 10.0 Å². The van der Waals surface area contributed by atoms with Gasteiger partial charge in [-0.15, -0.1) is 0 Å². The van der Waals surface area contributed by atoms with Gasteiger partial charge in [0, 0.05) is 0 Å². The van der Waals surface area contributed by atoms with Gasteiger partial charge >= 0.3 is 0 Å². The van der Waals surface area contributed by atoms with Crippen LogP contribution in [0.15, 0.2) is 83.8 Å². The summed E-state index contributed by atoms with van der Waals surface area (Å²) in [7, 11) is -3.71. The average molecular weight is 381 g/mol. The highest BCUT2D eigenvalue weighted by Gasteiger charge is 2.17. The van der Waals surface area contributed by atoms with Gasteiger partial charge in [-0.2, -0.15) is 0 Å². The van der Waals surface area contributed by atoms with E-state index in [2.05, 4.69) is 18.6 Å². The van der Waals surface area contributed by atoms with E-state index in [1.165, 1.54) is 0 Å². The lowest BCUT2D eigenvalue weighted by atomic mass is 9.99. The normalized spacial score (nSPS) is 12.4. The highest BCUT2D eigenvalue weighted by Crippen LogP contribution is 2.31. The highest BCUT2D eigenvalue weighted by molar-refractivity contribution is 7.92. The molecular weight excluding hydrogens is 358 g/mol. The maximum Gasteiger partial charge on any atom is 0.262 e. The zero-order chi connectivity index (χ0) is 19.3. The van der Waals surface area contributed by atoms with E-state index in [0.29, 0.717) is 23.1 Å². The van der Waals surface area contributed by atoms with Crippen LogP contribution in [0.3, 0.4) is 0 Å². The van der Waals surface area contributed by atoms with Gasteiger partial charge in [-0.1, -0.05) is 56.3 Å².